The highest BCUT2D eigenvalue weighted by Gasteiger charge is 2.23. The third-order valence-corrected chi connectivity index (χ3v) is 3.18. The van der Waals surface area contributed by atoms with Crippen molar-refractivity contribution in [1.82, 2.24) is 0 Å². The molecule has 0 aliphatic carbocycles. The highest BCUT2D eigenvalue weighted by Crippen LogP contribution is 2.14. The lowest BCUT2D eigenvalue weighted by Crippen LogP contribution is -2.23. The molecule has 0 aromatic rings. The van der Waals surface area contributed by atoms with Crippen LogP contribution in [-0.2, 0) is 19.6 Å². The minimum atomic E-state index is -4.17. The van der Waals surface area contributed by atoms with Crippen LogP contribution in [0.15, 0.2) is 0 Å². The van der Waals surface area contributed by atoms with Crippen molar-refractivity contribution in [2.24, 2.45) is 5.92 Å². The Kier molecular flexibility index (Phi) is 5.90. The molecule has 0 heterocycles. The molecule has 0 radical (unpaired) electrons. The van der Waals surface area contributed by atoms with Gasteiger partial charge in [-0.15, -0.1) is 0 Å². The first kappa shape index (κ1) is 13.5. The first-order chi connectivity index (χ1) is 6.45. The SMILES string of the molecule is CCC(C=O)CCC(OC)S(=O)(=O)O. The predicted octanol–water partition coefficient (Wildman–Crippen LogP) is 0.852. The standard InChI is InChI=1S/C8H16O5S/c1-3-7(6-9)4-5-8(13-2)14(10,11)12/h6-8H,3-5H2,1-2H3,(H,10,11,12). The van der Waals surface area contributed by atoms with Gasteiger partial charge in [0, 0.05) is 13.0 Å². The molecule has 0 rings (SSSR count). The minimum Gasteiger partial charge on any atom is -0.363 e. The van der Waals surface area contributed by atoms with Crippen LogP contribution in [0, 0.1) is 5.92 Å². The number of hydrogen-bond donors (Lipinski definition) is 1. The van der Waals surface area contributed by atoms with Gasteiger partial charge in [-0.3, -0.25) is 4.55 Å². The summed E-state index contributed by atoms with van der Waals surface area (Å²) < 4.78 is 34.7. The molecule has 0 fully saturated rings. The zero-order chi connectivity index (χ0) is 11.2. The van der Waals surface area contributed by atoms with Crippen LogP contribution in [0.4, 0.5) is 0 Å². The average molecular weight is 224 g/mol. The van der Waals surface area contributed by atoms with Gasteiger partial charge in [0.1, 0.15) is 6.29 Å². The molecule has 2 unspecified atom stereocenters. The van der Waals surface area contributed by atoms with E-state index < -0.39 is 15.6 Å². The molecular weight excluding hydrogens is 208 g/mol. The van der Waals surface area contributed by atoms with Crippen LogP contribution in [0.25, 0.3) is 0 Å². The van der Waals surface area contributed by atoms with Crippen molar-refractivity contribution < 1.29 is 22.5 Å². The molecule has 5 nitrogen and oxygen atoms in total. The van der Waals surface area contributed by atoms with E-state index in [1.807, 2.05) is 6.92 Å². The quantitative estimate of drug-likeness (QED) is 0.512. The molecule has 0 spiro atoms. The summed E-state index contributed by atoms with van der Waals surface area (Å²) in [5.74, 6) is -0.172. The summed E-state index contributed by atoms with van der Waals surface area (Å²) in [6, 6.07) is 0. The minimum absolute atomic E-state index is 0.132. The third-order valence-electron chi connectivity index (χ3n) is 2.09. The van der Waals surface area contributed by atoms with Gasteiger partial charge < -0.3 is 9.53 Å². The Morgan fingerprint density at radius 3 is 2.29 bits per heavy atom. The molecule has 0 aliphatic heterocycles. The second-order valence-electron chi connectivity index (χ2n) is 3.06. The lowest BCUT2D eigenvalue weighted by atomic mass is 10.0. The summed E-state index contributed by atoms with van der Waals surface area (Å²) in [7, 11) is -2.96. The fourth-order valence-corrected chi connectivity index (χ4v) is 1.78. The Hall–Kier alpha value is -0.460. The first-order valence-corrected chi connectivity index (χ1v) is 5.90. The number of ether oxygens (including phenoxy) is 1. The molecule has 0 amide bonds. The summed E-state index contributed by atoms with van der Waals surface area (Å²) in [6.07, 6.45) is 1.98. The number of methoxy groups -OCH3 is 1. The van der Waals surface area contributed by atoms with Crippen molar-refractivity contribution in [3.05, 3.63) is 0 Å². The lowest BCUT2D eigenvalue weighted by Gasteiger charge is -2.13. The fraction of sp³-hybridized carbons (Fsp3) is 0.875. The Bertz CT molecular complexity index is 259. The maximum Gasteiger partial charge on any atom is 0.292 e. The Labute approximate surface area is 84.2 Å². The number of carbonyl (C=O) groups excluding carboxylic acids is 1. The molecule has 1 N–H and O–H groups in total. The van der Waals surface area contributed by atoms with Gasteiger partial charge in [0.05, 0.1) is 0 Å². The second-order valence-corrected chi connectivity index (χ2v) is 4.62. The molecule has 0 saturated heterocycles. The summed E-state index contributed by atoms with van der Waals surface area (Å²) in [5, 5.41) is 0. The summed E-state index contributed by atoms with van der Waals surface area (Å²) in [5.41, 5.74) is -1.23. The molecule has 14 heavy (non-hydrogen) atoms. The number of hydrogen-bond acceptors (Lipinski definition) is 4. The van der Waals surface area contributed by atoms with Crippen LogP contribution in [-0.4, -0.2) is 31.8 Å². The molecule has 0 aliphatic rings. The Balaban J connectivity index is 4.15. The summed E-state index contributed by atoms with van der Waals surface area (Å²) >= 11 is 0. The van der Waals surface area contributed by atoms with Gasteiger partial charge in [0.15, 0.2) is 5.44 Å². The van der Waals surface area contributed by atoms with Gasteiger partial charge >= 0.3 is 0 Å². The van der Waals surface area contributed by atoms with Gasteiger partial charge in [0.2, 0.25) is 0 Å². The topological polar surface area (TPSA) is 80.7 Å². The molecular formula is C8H16O5S. The van der Waals surface area contributed by atoms with Crippen molar-refractivity contribution in [2.75, 3.05) is 7.11 Å². The van der Waals surface area contributed by atoms with E-state index >= 15 is 0 Å². The van der Waals surface area contributed by atoms with Crippen LogP contribution in [0.3, 0.4) is 0 Å². The number of carbonyl (C=O) groups is 1. The lowest BCUT2D eigenvalue weighted by molar-refractivity contribution is -0.111. The highest BCUT2D eigenvalue weighted by molar-refractivity contribution is 7.86. The fourth-order valence-electron chi connectivity index (χ4n) is 1.11. The maximum atomic E-state index is 10.7. The van der Waals surface area contributed by atoms with Crippen molar-refractivity contribution in [1.29, 1.82) is 0 Å². The van der Waals surface area contributed by atoms with Gasteiger partial charge in [-0.25, -0.2) is 0 Å². The monoisotopic (exact) mass is 224 g/mol. The Morgan fingerprint density at radius 2 is 2.00 bits per heavy atom. The zero-order valence-electron chi connectivity index (χ0n) is 8.34. The molecule has 2 atom stereocenters. The van der Waals surface area contributed by atoms with E-state index in [0.717, 1.165) is 6.29 Å². The molecule has 0 aromatic carbocycles. The van der Waals surface area contributed by atoms with Gasteiger partial charge in [-0.05, 0) is 19.3 Å². The molecule has 84 valence electrons. The highest BCUT2D eigenvalue weighted by atomic mass is 32.2. The summed E-state index contributed by atoms with van der Waals surface area (Å²) in [4.78, 5) is 10.4. The summed E-state index contributed by atoms with van der Waals surface area (Å²) in [6.45, 7) is 1.84. The van der Waals surface area contributed by atoms with E-state index in [4.69, 9.17) is 4.55 Å². The average Bonchev–Trinajstić information content (AvgIpc) is 2.10. The van der Waals surface area contributed by atoms with Gasteiger partial charge in [0.25, 0.3) is 10.1 Å². The smallest absolute Gasteiger partial charge is 0.292 e. The van der Waals surface area contributed by atoms with Crippen LogP contribution in [0.1, 0.15) is 26.2 Å². The van der Waals surface area contributed by atoms with E-state index in [1.54, 1.807) is 0 Å². The number of rotatable bonds is 7. The maximum absolute atomic E-state index is 10.7. The van der Waals surface area contributed by atoms with Crippen molar-refractivity contribution in [3.63, 3.8) is 0 Å². The predicted molar refractivity (Wildman–Crippen MR) is 51.4 cm³/mol. The van der Waals surface area contributed by atoms with E-state index in [9.17, 15) is 13.2 Å². The van der Waals surface area contributed by atoms with Crippen LogP contribution in [0.2, 0.25) is 0 Å². The zero-order valence-corrected chi connectivity index (χ0v) is 9.16. The Morgan fingerprint density at radius 1 is 1.43 bits per heavy atom. The first-order valence-electron chi connectivity index (χ1n) is 4.40. The van der Waals surface area contributed by atoms with Crippen LogP contribution in [0.5, 0.6) is 0 Å². The van der Waals surface area contributed by atoms with Crippen molar-refractivity contribution in [3.8, 4) is 0 Å². The van der Waals surface area contributed by atoms with E-state index in [1.165, 1.54) is 7.11 Å². The van der Waals surface area contributed by atoms with Crippen LogP contribution >= 0.6 is 0 Å². The van der Waals surface area contributed by atoms with Gasteiger partial charge in [-0.2, -0.15) is 8.42 Å². The molecule has 0 bridgehead atoms. The van der Waals surface area contributed by atoms with Crippen molar-refractivity contribution in [2.45, 2.75) is 31.6 Å². The number of aldehydes is 1. The largest absolute Gasteiger partial charge is 0.363 e. The van der Waals surface area contributed by atoms with E-state index in [-0.39, 0.29) is 12.3 Å². The van der Waals surface area contributed by atoms with Gasteiger partial charge in [-0.1, -0.05) is 6.92 Å². The van der Waals surface area contributed by atoms with Crippen molar-refractivity contribution >= 4 is 16.4 Å². The molecule has 0 aromatic heterocycles. The molecule has 0 saturated carbocycles. The van der Waals surface area contributed by atoms with E-state index in [2.05, 4.69) is 4.74 Å². The van der Waals surface area contributed by atoms with Crippen LogP contribution < -0.4 is 0 Å². The normalized spacial score (nSPS) is 16.2. The third kappa shape index (κ3) is 4.69. The molecule has 6 heteroatoms. The second kappa shape index (κ2) is 6.10. The van der Waals surface area contributed by atoms with E-state index in [0.29, 0.717) is 12.8 Å².